The predicted molar refractivity (Wildman–Crippen MR) is 106 cm³/mol. The molecule has 0 aliphatic rings. The maximum absolute atomic E-state index is 12.5. The molecule has 0 saturated carbocycles. The first-order chi connectivity index (χ1) is 13.2. The minimum Gasteiger partial charge on any atom is -0.496 e. The van der Waals surface area contributed by atoms with E-state index in [4.69, 9.17) is 4.74 Å². The molecular weight excluding hydrogens is 362 g/mol. The highest BCUT2D eigenvalue weighted by Gasteiger charge is 2.14. The lowest BCUT2D eigenvalue weighted by Crippen LogP contribution is -2.18. The average molecular weight is 381 g/mol. The molecule has 0 atom stereocenters. The number of ether oxygens (including phenoxy) is 1. The van der Waals surface area contributed by atoms with E-state index < -0.39 is 0 Å². The number of hydrogen-bond acceptors (Lipinski definition) is 5. The average Bonchev–Trinajstić information content (AvgIpc) is 3.20. The normalized spacial score (nSPS) is 10.3. The fraction of sp³-hybridized carbons (Fsp3) is 0.150. The quantitative estimate of drug-likeness (QED) is 0.649. The number of benzene rings is 2. The zero-order chi connectivity index (χ0) is 19.1. The monoisotopic (exact) mass is 381 g/mol. The van der Waals surface area contributed by atoms with Crippen LogP contribution in [0, 0.1) is 0 Å². The smallest absolute Gasteiger partial charge is 0.259 e. The van der Waals surface area contributed by atoms with Crippen LogP contribution >= 0.6 is 11.3 Å². The summed E-state index contributed by atoms with van der Waals surface area (Å²) < 4.78 is 5.31. The van der Waals surface area contributed by atoms with E-state index in [0.717, 1.165) is 11.3 Å². The number of rotatable bonds is 7. The Morgan fingerprint density at radius 3 is 2.63 bits per heavy atom. The van der Waals surface area contributed by atoms with Gasteiger partial charge in [-0.05, 0) is 30.2 Å². The molecule has 7 heteroatoms. The summed E-state index contributed by atoms with van der Waals surface area (Å²) in [5.41, 5.74) is 1.82. The van der Waals surface area contributed by atoms with Crippen molar-refractivity contribution in [2.45, 2.75) is 12.8 Å². The van der Waals surface area contributed by atoms with Gasteiger partial charge in [0.15, 0.2) is 5.13 Å². The zero-order valence-electron chi connectivity index (χ0n) is 14.8. The Kier molecular flexibility index (Phi) is 6.17. The second-order valence-electron chi connectivity index (χ2n) is 5.70. The molecule has 138 valence electrons. The predicted octanol–water partition coefficient (Wildman–Crippen LogP) is 3.98. The largest absolute Gasteiger partial charge is 0.496 e. The standard InChI is InChI=1S/C20H19N3O3S/c1-26-17-9-5-2-6-14(17)10-11-18(24)22-16-8-4-3-7-15(16)19(25)23-20-21-12-13-27-20/h2-9,12-13H,10-11H2,1H3,(H,22,24)(H,21,23,25). The number of hydrogen-bond donors (Lipinski definition) is 2. The van der Waals surface area contributed by atoms with Crippen LogP contribution in [0.3, 0.4) is 0 Å². The van der Waals surface area contributed by atoms with E-state index in [2.05, 4.69) is 15.6 Å². The summed E-state index contributed by atoms with van der Waals surface area (Å²) in [5, 5.41) is 7.84. The SMILES string of the molecule is COc1ccccc1CCC(=O)Nc1ccccc1C(=O)Nc1nccs1. The molecule has 3 rings (SSSR count). The molecule has 2 aromatic carbocycles. The number of nitrogens with zero attached hydrogens (tertiary/aromatic N) is 1. The van der Waals surface area contributed by atoms with E-state index in [1.165, 1.54) is 11.3 Å². The summed E-state index contributed by atoms with van der Waals surface area (Å²) in [4.78, 5) is 28.9. The van der Waals surface area contributed by atoms with Crippen LogP contribution in [-0.4, -0.2) is 23.9 Å². The van der Waals surface area contributed by atoms with Crippen LogP contribution in [0.2, 0.25) is 0 Å². The highest BCUT2D eigenvalue weighted by atomic mass is 32.1. The van der Waals surface area contributed by atoms with Gasteiger partial charge in [0, 0.05) is 18.0 Å². The number of anilines is 2. The van der Waals surface area contributed by atoms with Crippen LogP contribution in [0.4, 0.5) is 10.8 Å². The van der Waals surface area contributed by atoms with E-state index in [9.17, 15) is 9.59 Å². The molecule has 0 spiro atoms. The van der Waals surface area contributed by atoms with E-state index in [1.807, 2.05) is 24.3 Å². The molecule has 0 radical (unpaired) electrons. The van der Waals surface area contributed by atoms with Crippen LogP contribution in [0.1, 0.15) is 22.3 Å². The second kappa shape index (κ2) is 8.95. The summed E-state index contributed by atoms with van der Waals surface area (Å²) in [5.74, 6) is 0.273. The Hall–Kier alpha value is -3.19. The third-order valence-corrected chi connectivity index (χ3v) is 4.60. The van der Waals surface area contributed by atoms with Gasteiger partial charge >= 0.3 is 0 Å². The molecule has 0 aliphatic heterocycles. The molecule has 27 heavy (non-hydrogen) atoms. The van der Waals surface area contributed by atoms with E-state index >= 15 is 0 Å². The Balaban J connectivity index is 1.65. The molecule has 1 heterocycles. The van der Waals surface area contributed by atoms with Crippen molar-refractivity contribution in [3.8, 4) is 5.75 Å². The number of amides is 2. The lowest BCUT2D eigenvalue weighted by atomic mass is 10.1. The van der Waals surface area contributed by atoms with Crippen LogP contribution < -0.4 is 15.4 Å². The van der Waals surface area contributed by atoms with Crippen molar-refractivity contribution in [1.82, 2.24) is 4.98 Å². The topological polar surface area (TPSA) is 80.3 Å². The number of thiazole rings is 1. The molecule has 3 aromatic rings. The molecule has 2 N–H and O–H groups in total. The number of carbonyl (C=O) groups is 2. The summed E-state index contributed by atoms with van der Waals surface area (Å²) in [6, 6.07) is 14.5. The number of nitrogens with one attached hydrogen (secondary N) is 2. The van der Waals surface area contributed by atoms with E-state index in [0.29, 0.717) is 22.8 Å². The van der Waals surface area contributed by atoms with Crippen molar-refractivity contribution in [1.29, 1.82) is 0 Å². The molecule has 0 aliphatic carbocycles. The lowest BCUT2D eigenvalue weighted by molar-refractivity contribution is -0.116. The number of methoxy groups -OCH3 is 1. The van der Waals surface area contributed by atoms with Crippen molar-refractivity contribution in [2.24, 2.45) is 0 Å². The molecule has 2 amide bonds. The second-order valence-corrected chi connectivity index (χ2v) is 6.59. The minimum absolute atomic E-state index is 0.171. The fourth-order valence-corrected chi connectivity index (χ4v) is 3.13. The van der Waals surface area contributed by atoms with Crippen molar-refractivity contribution in [2.75, 3.05) is 17.7 Å². The summed E-state index contributed by atoms with van der Waals surface area (Å²) >= 11 is 1.33. The molecule has 0 saturated heterocycles. The molecule has 0 fully saturated rings. The highest BCUT2D eigenvalue weighted by Crippen LogP contribution is 2.21. The highest BCUT2D eigenvalue weighted by molar-refractivity contribution is 7.13. The summed E-state index contributed by atoms with van der Waals surface area (Å²) in [6.07, 6.45) is 2.44. The first-order valence-corrected chi connectivity index (χ1v) is 9.27. The van der Waals surface area contributed by atoms with Gasteiger partial charge < -0.3 is 10.1 Å². The van der Waals surface area contributed by atoms with Gasteiger partial charge in [0.25, 0.3) is 5.91 Å². The third kappa shape index (κ3) is 4.92. The number of aryl methyl sites for hydroxylation is 1. The van der Waals surface area contributed by atoms with Crippen molar-refractivity contribution < 1.29 is 14.3 Å². The van der Waals surface area contributed by atoms with Gasteiger partial charge in [0.05, 0.1) is 18.4 Å². The summed E-state index contributed by atoms with van der Waals surface area (Å²) in [6.45, 7) is 0. The lowest BCUT2D eigenvalue weighted by Gasteiger charge is -2.11. The van der Waals surface area contributed by atoms with Crippen LogP contribution in [0.15, 0.2) is 60.1 Å². The molecule has 1 aromatic heterocycles. The summed E-state index contributed by atoms with van der Waals surface area (Å²) in [7, 11) is 1.61. The van der Waals surface area contributed by atoms with E-state index in [-0.39, 0.29) is 18.2 Å². The number of aromatic nitrogens is 1. The third-order valence-electron chi connectivity index (χ3n) is 3.91. The van der Waals surface area contributed by atoms with Gasteiger partial charge in [-0.15, -0.1) is 11.3 Å². The first-order valence-electron chi connectivity index (χ1n) is 8.39. The van der Waals surface area contributed by atoms with Crippen molar-refractivity contribution in [3.63, 3.8) is 0 Å². The van der Waals surface area contributed by atoms with Crippen LogP contribution in [0.25, 0.3) is 0 Å². The van der Waals surface area contributed by atoms with Crippen molar-refractivity contribution in [3.05, 3.63) is 71.2 Å². The number of carbonyl (C=O) groups excluding carboxylic acids is 2. The molecule has 0 unspecified atom stereocenters. The van der Waals surface area contributed by atoms with Gasteiger partial charge in [-0.1, -0.05) is 30.3 Å². The molecule has 6 nitrogen and oxygen atoms in total. The van der Waals surface area contributed by atoms with Crippen molar-refractivity contribution >= 4 is 34.0 Å². The Labute approximate surface area is 161 Å². The fourth-order valence-electron chi connectivity index (χ4n) is 2.61. The number of para-hydroxylation sites is 2. The van der Waals surface area contributed by atoms with Crippen LogP contribution in [-0.2, 0) is 11.2 Å². The van der Waals surface area contributed by atoms with Crippen LogP contribution in [0.5, 0.6) is 5.75 Å². The van der Waals surface area contributed by atoms with Gasteiger partial charge in [-0.2, -0.15) is 0 Å². The van der Waals surface area contributed by atoms with Gasteiger partial charge in [0.2, 0.25) is 5.91 Å². The zero-order valence-corrected chi connectivity index (χ0v) is 15.6. The van der Waals surface area contributed by atoms with Gasteiger partial charge in [-0.25, -0.2) is 4.98 Å². The molecule has 0 bridgehead atoms. The maximum atomic E-state index is 12.5. The Morgan fingerprint density at radius 1 is 1.07 bits per heavy atom. The van der Waals surface area contributed by atoms with Gasteiger partial charge in [0.1, 0.15) is 5.75 Å². The van der Waals surface area contributed by atoms with Gasteiger partial charge in [-0.3, -0.25) is 14.9 Å². The Morgan fingerprint density at radius 2 is 1.85 bits per heavy atom. The molecular formula is C20H19N3O3S. The van der Waals surface area contributed by atoms with E-state index in [1.54, 1.807) is 43.0 Å². The minimum atomic E-state index is -0.314. The first kappa shape index (κ1) is 18.6. The Bertz CT molecular complexity index is 926. The maximum Gasteiger partial charge on any atom is 0.259 e.